The summed E-state index contributed by atoms with van der Waals surface area (Å²) in [5.74, 6) is -0.342. The molecule has 0 N–H and O–H groups in total. The van der Waals surface area contributed by atoms with Gasteiger partial charge in [0.15, 0.2) is 5.13 Å². The third kappa shape index (κ3) is 3.73. The number of fused-ring (bicyclic) bond motifs is 1. The molecule has 0 bridgehead atoms. The maximum atomic E-state index is 11.6. The van der Waals surface area contributed by atoms with Crippen LogP contribution in [0.5, 0.6) is 0 Å². The molecule has 0 radical (unpaired) electrons. The number of nitro benzene ring substituents is 1. The lowest BCUT2D eigenvalue weighted by atomic mass is 10.1. The number of methoxy groups -OCH3 is 1. The Morgan fingerprint density at radius 1 is 1.24 bits per heavy atom. The molecule has 0 amide bonds. The van der Waals surface area contributed by atoms with Crippen LogP contribution in [0.4, 0.5) is 16.5 Å². The molecule has 8 nitrogen and oxygen atoms in total. The third-order valence-electron chi connectivity index (χ3n) is 5.10. The largest absolute Gasteiger partial charge is 0.465 e. The average Bonchev–Trinajstić information content (AvgIpc) is 3.16. The molecule has 150 valence electrons. The Bertz CT molecular complexity index is 1070. The predicted octanol–water partition coefficient (Wildman–Crippen LogP) is 3.71. The fourth-order valence-electron chi connectivity index (χ4n) is 3.54. The molecule has 1 aliphatic heterocycles. The minimum atomic E-state index is -0.383. The van der Waals surface area contributed by atoms with Crippen molar-refractivity contribution in [3.8, 4) is 0 Å². The SMILES string of the molecule is COC(=O)c1ccc(N2CCN(c3nc4ccc([N+](=O)[O-])cc4s3)C(C)C2)cc1. The summed E-state index contributed by atoms with van der Waals surface area (Å²) in [4.78, 5) is 31.4. The minimum absolute atomic E-state index is 0.0842. The number of non-ortho nitro benzene ring substituents is 1. The van der Waals surface area contributed by atoms with Gasteiger partial charge in [0.25, 0.3) is 5.69 Å². The number of aromatic nitrogens is 1. The van der Waals surface area contributed by atoms with Crippen LogP contribution in [0.1, 0.15) is 17.3 Å². The van der Waals surface area contributed by atoms with Crippen LogP contribution in [0.15, 0.2) is 42.5 Å². The van der Waals surface area contributed by atoms with Crippen LogP contribution < -0.4 is 9.80 Å². The smallest absolute Gasteiger partial charge is 0.337 e. The Hall–Kier alpha value is -3.20. The second kappa shape index (κ2) is 7.67. The number of carbonyl (C=O) groups excluding carboxylic acids is 1. The van der Waals surface area contributed by atoms with Gasteiger partial charge in [-0.3, -0.25) is 10.1 Å². The molecule has 1 atom stereocenters. The van der Waals surface area contributed by atoms with E-state index < -0.39 is 0 Å². The van der Waals surface area contributed by atoms with Gasteiger partial charge in [-0.25, -0.2) is 9.78 Å². The molecule has 9 heteroatoms. The molecule has 0 saturated carbocycles. The van der Waals surface area contributed by atoms with Gasteiger partial charge < -0.3 is 14.5 Å². The first kappa shape index (κ1) is 19.1. The number of nitrogens with zero attached hydrogens (tertiary/aromatic N) is 4. The topological polar surface area (TPSA) is 88.8 Å². The van der Waals surface area contributed by atoms with Crippen molar-refractivity contribution >= 4 is 44.0 Å². The van der Waals surface area contributed by atoms with Crippen molar-refractivity contribution < 1.29 is 14.5 Å². The lowest BCUT2D eigenvalue weighted by molar-refractivity contribution is -0.384. The first-order valence-electron chi connectivity index (χ1n) is 9.21. The van der Waals surface area contributed by atoms with Crippen molar-refractivity contribution in [1.82, 2.24) is 4.98 Å². The van der Waals surface area contributed by atoms with E-state index in [-0.39, 0.29) is 22.6 Å². The number of benzene rings is 2. The van der Waals surface area contributed by atoms with Crippen molar-refractivity contribution in [2.24, 2.45) is 0 Å². The summed E-state index contributed by atoms with van der Waals surface area (Å²) in [6, 6.07) is 12.4. The highest BCUT2D eigenvalue weighted by molar-refractivity contribution is 7.22. The minimum Gasteiger partial charge on any atom is -0.465 e. The van der Waals surface area contributed by atoms with Gasteiger partial charge in [0.1, 0.15) is 0 Å². The van der Waals surface area contributed by atoms with E-state index in [2.05, 4.69) is 21.7 Å². The summed E-state index contributed by atoms with van der Waals surface area (Å²) in [6.45, 7) is 4.57. The Morgan fingerprint density at radius 3 is 2.66 bits per heavy atom. The zero-order valence-electron chi connectivity index (χ0n) is 16.1. The fraction of sp³-hybridized carbons (Fsp3) is 0.300. The van der Waals surface area contributed by atoms with Gasteiger partial charge in [-0.1, -0.05) is 11.3 Å². The van der Waals surface area contributed by atoms with E-state index in [4.69, 9.17) is 4.74 Å². The van der Waals surface area contributed by atoms with Gasteiger partial charge >= 0.3 is 5.97 Å². The van der Waals surface area contributed by atoms with Gasteiger partial charge in [0.05, 0.1) is 27.8 Å². The van der Waals surface area contributed by atoms with Crippen LogP contribution in [0.25, 0.3) is 10.2 Å². The first-order valence-corrected chi connectivity index (χ1v) is 10.0. The molecule has 0 spiro atoms. The number of thiazole rings is 1. The Labute approximate surface area is 171 Å². The second-order valence-corrected chi connectivity index (χ2v) is 7.94. The highest BCUT2D eigenvalue weighted by Gasteiger charge is 2.26. The number of carbonyl (C=O) groups is 1. The number of piperazine rings is 1. The van der Waals surface area contributed by atoms with Crippen molar-refractivity contribution in [3.63, 3.8) is 0 Å². The van der Waals surface area contributed by atoms with E-state index in [1.807, 2.05) is 12.1 Å². The van der Waals surface area contributed by atoms with Gasteiger partial charge in [-0.05, 0) is 37.3 Å². The summed E-state index contributed by atoms with van der Waals surface area (Å²) >= 11 is 1.48. The van der Waals surface area contributed by atoms with Crippen LogP contribution in [0.2, 0.25) is 0 Å². The highest BCUT2D eigenvalue weighted by Crippen LogP contribution is 2.33. The van der Waals surface area contributed by atoms with E-state index in [0.717, 1.165) is 40.7 Å². The van der Waals surface area contributed by atoms with Crippen LogP contribution in [0.3, 0.4) is 0 Å². The van der Waals surface area contributed by atoms with Crippen LogP contribution in [0, 0.1) is 10.1 Å². The van der Waals surface area contributed by atoms with Gasteiger partial charge in [-0.15, -0.1) is 0 Å². The summed E-state index contributed by atoms with van der Waals surface area (Å²) < 4.78 is 5.57. The van der Waals surface area contributed by atoms with Gasteiger partial charge in [0.2, 0.25) is 0 Å². The third-order valence-corrected chi connectivity index (χ3v) is 6.15. The molecule has 4 rings (SSSR count). The van der Waals surface area contributed by atoms with E-state index in [0.29, 0.717) is 5.56 Å². The molecule has 1 aromatic heterocycles. The second-order valence-electron chi connectivity index (χ2n) is 6.93. The molecule has 2 aromatic carbocycles. The zero-order valence-corrected chi connectivity index (χ0v) is 16.9. The number of hydrogen-bond acceptors (Lipinski definition) is 8. The maximum Gasteiger partial charge on any atom is 0.337 e. The molecule has 29 heavy (non-hydrogen) atoms. The first-order chi connectivity index (χ1) is 14.0. The molecule has 1 unspecified atom stereocenters. The Balaban J connectivity index is 1.49. The fourth-order valence-corrected chi connectivity index (χ4v) is 4.67. The van der Waals surface area contributed by atoms with E-state index >= 15 is 0 Å². The number of ether oxygens (including phenoxy) is 1. The molecule has 3 aromatic rings. The van der Waals surface area contributed by atoms with E-state index in [1.54, 1.807) is 24.3 Å². The number of rotatable bonds is 4. The highest BCUT2D eigenvalue weighted by atomic mass is 32.1. The summed E-state index contributed by atoms with van der Waals surface area (Å²) in [7, 11) is 1.37. The zero-order chi connectivity index (χ0) is 20.5. The lowest BCUT2D eigenvalue weighted by Gasteiger charge is -2.41. The Morgan fingerprint density at radius 2 is 2.00 bits per heavy atom. The van der Waals surface area contributed by atoms with Gasteiger partial charge in [0, 0.05) is 43.5 Å². The molecule has 2 heterocycles. The number of hydrogen-bond donors (Lipinski definition) is 0. The monoisotopic (exact) mass is 412 g/mol. The van der Waals surface area contributed by atoms with Crippen molar-refractivity contribution in [1.29, 1.82) is 0 Å². The lowest BCUT2D eigenvalue weighted by Crippen LogP contribution is -2.52. The molecule has 1 saturated heterocycles. The average molecular weight is 412 g/mol. The van der Waals surface area contributed by atoms with Gasteiger partial charge in [-0.2, -0.15) is 0 Å². The van der Waals surface area contributed by atoms with E-state index in [1.165, 1.54) is 24.5 Å². The summed E-state index contributed by atoms with van der Waals surface area (Å²) in [5.41, 5.74) is 2.46. The van der Waals surface area contributed by atoms with Crippen molar-refractivity contribution in [3.05, 3.63) is 58.1 Å². The Kier molecular flexibility index (Phi) is 5.06. The molecule has 0 aliphatic carbocycles. The molecule has 1 fully saturated rings. The molecular formula is C20H20N4O4S. The van der Waals surface area contributed by atoms with E-state index in [9.17, 15) is 14.9 Å². The summed E-state index contributed by atoms with van der Waals surface area (Å²) in [6.07, 6.45) is 0. The van der Waals surface area contributed by atoms with Crippen molar-refractivity contribution in [2.75, 3.05) is 36.5 Å². The van der Waals surface area contributed by atoms with Crippen molar-refractivity contribution in [2.45, 2.75) is 13.0 Å². The molecule has 1 aliphatic rings. The van der Waals surface area contributed by atoms with Crippen LogP contribution >= 0.6 is 11.3 Å². The number of anilines is 2. The normalized spacial score (nSPS) is 16.8. The number of nitro groups is 1. The standard InChI is InChI=1S/C20H20N4O4S/c1-13-12-22(15-5-3-14(4-6-15)19(25)28-2)9-10-23(13)20-21-17-8-7-16(24(26)27)11-18(17)29-20/h3-8,11,13H,9-10,12H2,1-2H3. The predicted molar refractivity (Wildman–Crippen MR) is 113 cm³/mol. The quantitative estimate of drug-likeness (QED) is 0.367. The maximum absolute atomic E-state index is 11.6. The number of esters is 1. The summed E-state index contributed by atoms with van der Waals surface area (Å²) in [5, 5.41) is 11.9. The molecular weight excluding hydrogens is 392 g/mol. The van der Waals surface area contributed by atoms with Crippen LogP contribution in [-0.4, -0.2) is 48.7 Å². The van der Waals surface area contributed by atoms with Crippen LogP contribution in [-0.2, 0) is 4.74 Å².